The minimum Gasteiger partial charge on any atom is -0.381 e. The van der Waals surface area contributed by atoms with Gasteiger partial charge in [-0.15, -0.1) is 0 Å². The molecule has 4 rings (SSSR count). The van der Waals surface area contributed by atoms with Crippen LogP contribution in [0.2, 0.25) is 0 Å². The summed E-state index contributed by atoms with van der Waals surface area (Å²) in [4.78, 5) is 15.3. The van der Waals surface area contributed by atoms with Crippen LogP contribution in [0.25, 0.3) is 11.3 Å². The lowest BCUT2D eigenvalue weighted by atomic mass is 9.86. The molecule has 0 aromatic carbocycles. The van der Waals surface area contributed by atoms with Crippen LogP contribution >= 0.6 is 0 Å². The number of methoxy groups -OCH3 is 1. The van der Waals surface area contributed by atoms with Gasteiger partial charge >= 0.3 is 0 Å². The van der Waals surface area contributed by atoms with Crippen molar-refractivity contribution in [2.45, 2.75) is 57.6 Å². The van der Waals surface area contributed by atoms with Gasteiger partial charge in [0.15, 0.2) is 5.76 Å². The molecule has 7 heteroatoms. The van der Waals surface area contributed by atoms with Crippen LogP contribution in [0.5, 0.6) is 0 Å². The standard InChI is InChI=1S/C20H28N4O3/c1-13-11-18(27-22-13)16-12-23(2)21-19(16)17-5-4-10-24(17)20(25)14-6-8-15(26-3)9-7-14/h11-12,14-15,17H,4-10H2,1-3H3. The first-order valence-corrected chi connectivity index (χ1v) is 9.87. The highest BCUT2D eigenvalue weighted by atomic mass is 16.5. The fourth-order valence-corrected chi connectivity index (χ4v) is 4.53. The maximum atomic E-state index is 13.3. The molecule has 1 aliphatic carbocycles. The molecule has 1 atom stereocenters. The molecular weight excluding hydrogens is 344 g/mol. The molecule has 27 heavy (non-hydrogen) atoms. The number of ether oxygens (including phenoxy) is 1. The molecule has 0 bridgehead atoms. The van der Waals surface area contributed by atoms with Crippen LogP contribution in [0.4, 0.5) is 0 Å². The lowest BCUT2D eigenvalue weighted by molar-refractivity contribution is -0.138. The van der Waals surface area contributed by atoms with Crippen molar-refractivity contribution in [3.8, 4) is 11.3 Å². The Morgan fingerprint density at radius 2 is 2.04 bits per heavy atom. The third-order valence-corrected chi connectivity index (χ3v) is 5.96. The van der Waals surface area contributed by atoms with E-state index in [1.54, 1.807) is 11.8 Å². The second-order valence-electron chi connectivity index (χ2n) is 7.83. The van der Waals surface area contributed by atoms with E-state index in [0.717, 1.165) is 67.8 Å². The highest BCUT2D eigenvalue weighted by Crippen LogP contribution is 2.39. The monoisotopic (exact) mass is 372 g/mol. The Bertz CT molecular complexity index is 804. The van der Waals surface area contributed by atoms with Crippen LogP contribution in [0.15, 0.2) is 16.8 Å². The van der Waals surface area contributed by atoms with Crippen molar-refractivity contribution in [3.63, 3.8) is 0 Å². The summed E-state index contributed by atoms with van der Waals surface area (Å²) in [6, 6.07) is 1.94. The third-order valence-electron chi connectivity index (χ3n) is 5.96. The first kappa shape index (κ1) is 18.2. The number of aromatic nitrogens is 3. The Balaban J connectivity index is 1.56. The number of hydrogen-bond acceptors (Lipinski definition) is 5. The smallest absolute Gasteiger partial charge is 0.226 e. The van der Waals surface area contributed by atoms with Gasteiger partial charge in [-0.3, -0.25) is 9.48 Å². The van der Waals surface area contributed by atoms with Gasteiger partial charge in [-0.05, 0) is 45.4 Å². The van der Waals surface area contributed by atoms with Crippen molar-refractivity contribution in [1.82, 2.24) is 19.8 Å². The summed E-state index contributed by atoms with van der Waals surface area (Å²) in [5.74, 6) is 1.10. The fourth-order valence-electron chi connectivity index (χ4n) is 4.53. The summed E-state index contributed by atoms with van der Waals surface area (Å²) in [5, 5.41) is 8.70. The first-order valence-electron chi connectivity index (χ1n) is 9.87. The molecule has 0 N–H and O–H groups in total. The lowest BCUT2D eigenvalue weighted by Crippen LogP contribution is -2.38. The van der Waals surface area contributed by atoms with Gasteiger partial charge in [0, 0.05) is 38.9 Å². The van der Waals surface area contributed by atoms with E-state index < -0.39 is 0 Å². The molecule has 1 saturated carbocycles. The summed E-state index contributed by atoms with van der Waals surface area (Å²) >= 11 is 0. The zero-order valence-corrected chi connectivity index (χ0v) is 16.4. The van der Waals surface area contributed by atoms with E-state index in [2.05, 4.69) is 5.16 Å². The molecule has 0 radical (unpaired) electrons. The Morgan fingerprint density at radius 1 is 1.26 bits per heavy atom. The molecule has 1 unspecified atom stereocenters. The third kappa shape index (κ3) is 3.52. The summed E-state index contributed by atoms with van der Waals surface area (Å²) in [6.07, 6.45) is 7.98. The van der Waals surface area contributed by atoms with Crippen molar-refractivity contribution in [3.05, 3.63) is 23.7 Å². The van der Waals surface area contributed by atoms with Gasteiger partial charge in [0.25, 0.3) is 0 Å². The zero-order valence-electron chi connectivity index (χ0n) is 16.4. The van der Waals surface area contributed by atoms with E-state index in [4.69, 9.17) is 14.4 Å². The van der Waals surface area contributed by atoms with Gasteiger partial charge in [0.05, 0.1) is 29.1 Å². The number of rotatable bonds is 4. The van der Waals surface area contributed by atoms with Crippen LogP contribution < -0.4 is 0 Å². The average Bonchev–Trinajstić information content (AvgIpc) is 3.40. The van der Waals surface area contributed by atoms with Gasteiger partial charge in [0.2, 0.25) is 5.91 Å². The number of aryl methyl sites for hydroxylation is 2. The Hall–Kier alpha value is -2.15. The second kappa shape index (κ2) is 7.46. The van der Waals surface area contributed by atoms with E-state index in [1.165, 1.54) is 0 Å². The van der Waals surface area contributed by atoms with Gasteiger partial charge in [-0.2, -0.15) is 5.10 Å². The van der Waals surface area contributed by atoms with Crippen molar-refractivity contribution >= 4 is 5.91 Å². The Kier molecular flexibility index (Phi) is 5.04. The Morgan fingerprint density at radius 3 is 2.70 bits per heavy atom. The molecule has 7 nitrogen and oxygen atoms in total. The molecular formula is C20H28N4O3. The number of hydrogen-bond donors (Lipinski definition) is 0. The van der Waals surface area contributed by atoms with Gasteiger partial charge in [-0.1, -0.05) is 5.16 Å². The van der Waals surface area contributed by atoms with Crippen LogP contribution in [0.3, 0.4) is 0 Å². The SMILES string of the molecule is COC1CCC(C(=O)N2CCCC2c2nn(C)cc2-c2cc(C)no2)CC1. The van der Waals surface area contributed by atoms with Crippen molar-refractivity contribution < 1.29 is 14.1 Å². The molecule has 2 aromatic heterocycles. The van der Waals surface area contributed by atoms with Crippen molar-refractivity contribution in [2.24, 2.45) is 13.0 Å². The van der Waals surface area contributed by atoms with Crippen LogP contribution in [-0.4, -0.2) is 45.5 Å². The summed E-state index contributed by atoms with van der Waals surface area (Å²) in [7, 11) is 3.67. The van der Waals surface area contributed by atoms with Crippen LogP contribution in [0, 0.1) is 12.8 Å². The topological polar surface area (TPSA) is 73.4 Å². The summed E-state index contributed by atoms with van der Waals surface area (Å²) in [6.45, 7) is 2.71. The minimum atomic E-state index is 0.0132. The van der Waals surface area contributed by atoms with E-state index >= 15 is 0 Å². The molecule has 3 heterocycles. The summed E-state index contributed by atoms with van der Waals surface area (Å²) in [5.41, 5.74) is 2.70. The highest BCUT2D eigenvalue weighted by molar-refractivity contribution is 5.80. The maximum Gasteiger partial charge on any atom is 0.226 e. The number of amides is 1. The largest absolute Gasteiger partial charge is 0.381 e. The lowest BCUT2D eigenvalue weighted by Gasteiger charge is -2.32. The molecule has 1 amide bonds. The van der Waals surface area contributed by atoms with E-state index in [0.29, 0.717) is 6.10 Å². The predicted molar refractivity (Wildman–Crippen MR) is 99.9 cm³/mol. The molecule has 2 aromatic rings. The molecule has 2 fully saturated rings. The average molecular weight is 372 g/mol. The quantitative estimate of drug-likeness (QED) is 0.824. The molecule has 146 valence electrons. The van der Waals surface area contributed by atoms with Crippen LogP contribution in [-0.2, 0) is 16.6 Å². The molecule has 1 saturated heterocycles. The van der Waals surface area contributed by atoms with E-state index in [9.17, 15) is 4.79 Å². The number of likely N-dealkylation sites (tertiary alicyclic amines) is 1. The first-order chi connectivity index (χ1) is 13.1. The zero-order chi connectivity index (χ0) is 19.0. The summed E-state index contributed by atoms with van der Waals surface area (Å²) < 4.78 is 12.7. The predicted octanol–water partition coefficient (Wildman–Crippen LogP) is 3.25. The normalized spacial score (nSPS) is 25.9. The minimum absolute atomic E-state index is 0.0132. The second-order valence-corrected chi connectivity index (χ2v) is 7.83. The number of carbonyl (C=O) groups excluding carboxylic acids is 1. The van der Waals surface area contributed by atoms with Crippen LogP contribution in [0.1, 0.15) is 56.0 Å². The number of nitrogens with zero attached hydrogens (tertiary/aromatic N) is 4. The molecule has 2 aliphatic rings. The van der Waals surface area contributed by atoms with E-state index in [1.807, 2.05) is 31.1 Å². The maximum absolute atomic E-state index is 13.3. The van der Waals surface area contributed by atoms with E-state index in [-0.39, 0.29) is 17.9 Å². The van der Waals surface area contributed by atoms with Crippen molar-refractivity contribution in [1.29, 1.82) is 0 Å². The highest BCUT2D eigenvalue weighted by Gasteiger charge is 2.38. The molecule has 0 spiro atoms. The van der Waals surface area contributed by atoms with Crippen molar-refractivity contribution in [2.75, 3.05) is 13.7 Å². The number of carbonyl (C=O) groups is 1. The van der Waals surface area contributed by atoms with Gasteiger partial charge in [0.1, 0.15) is 0 Å². The fraction of sp³-hybridized carbons (Fsp3) is 0.650. The molecule has 1 aliphatic heterocycles. The van der Waals surface area contributed by atoms with Gasteiger partial charge in [-0.25, -0.2) is 0 Å². The van der Waals surface area contributed by atoms with Gasteiger partial charge < -0.3 is 14.2 Å². The Labute approximate surface area is 159 Å².